The summed E-state index contributed by atoms with van der Waals surface area (Å²) in [6, 6.07) is 14.5. The van der Waals surface area contributed by atoms with Gasteiger partial charge in [-0.2, -0.15) is 0 Å². The highest BCUT2D eigenvalue weighted by Gasteiger charge is 2.22. The van der Waals surface area contributed by atoms with Crippen LogP contribution in [0.15, 0.2) is 48.5 Å². The summed E-state index contributed by atoms with van der Waals surface area (Å²) < 4.78 is 0. The first-order valence-electron chi connectivity index (χ1n) is 6.62. The van der Waals surface area contributed by atoms with E-state index in [-0.39, 0.29) is 17.7 Å². The van der Waals surface area contributed by atoms with Gasteiger partial charge in [-0.1, -0.05) is 30.3 Å². The van der Waals surface area contributed by atoms with Crippen molar-refractivity contribution in [2.75, 3.05) is 5.32 Å². The highest BCUT2D eigenvalue weighted by Crippen LogP contribution is 2.19. The first-order chi connectivity index (χ1) is 9.72. The summed E-state index contributed by atoms with van der Waals surface area (Å²) in [6.45, 7) is 0.664. The standard InChI is InChI=1S/C16H16N2O2/c19-13-7-5-11(6-8-13)9-15-16(20)18-14-4-2-1-3-12(14)10-17-15/h1-8,15,17,19H,9-10H2,(H,18,20)/t15-/m0/s1. The molecule has 0 saturated carbocycles. The van der Waals surface area contributed by atoms with Crippen LogP contribution in [-0.2, 0) is 17.8 Å². The molecule has 4 heteroatoms. The Kier molecular flexibility index (Phi) is 3.39. The minimum atomic E-state index is -0.271. The first kappa shape index (κ1) is 12.7. The number of fused-ring (bicyclic) bond motifs is 1. The van der Waals surface area contributed by atoms with Gasteiger partial charge in [0.1, 0.15) is 5.75 Å². The molecule has 0 saturated heterocycles. The second-order valence-corrected chi connectivity index (χ2v) is 4.95. The molecular weight excluding hydrogens is 252 g/mol. The van der Waals surface area contributed by atoms with E-state index in [0.717, 1.165) is 16.8 Å². The zero-order chi connectivity index (χ0) is 13.9. The lowest BCUT2D eigenvalue weighted by Crippen LogP contribution is -2.39. The second kappa shape index (κ2) is 5.35. The van der Waals surface area contributed by atoms with Crippen LogP contribution in [0.3, 0.4) is 0 Å². The maximum absolute atomic E-state index is 12.2. The Morgan fingerprint density at radius 3 is 2.65 bits per heavy atom. The van der Waals surface area contributed by atoms with Crippen molar-refractivity contribution in [3.05, 3.63) is 59.7 Å². The van der Waals surface area contributed by atoms with Crippen LogP contribution in [0.2, 0.25) is 0 Å². The second-order valence-electron chi connectivity index (χ2n) is 4.95. The van der Waals surface area contributed by atoms with Gasteiger partial charge in [-0.05, 0) is 35.7 Å². The summed E-state index contributed by atoms with van der Waals surface area (Å²) in [4.78, 5) is 12.2. The SMILES string of the molecule is O=C1Nc2ccccc2CN[C@H]1Cc1ccc(O)cc1. The summed E-state index contributed by atoms with van der Waals surface area (Å²) in [7, 11) is 0. The van der Waals surface area contributed by atoms with Gasteiger partial charge in [0.15, 0.2) is 0 Å². The van der Waals surface area contributed by atoms with Crippen molar-refractivity contribution in [1.82, 2.24) is 5.32 Å². The number of phenols is 1. The number of para-hydroxylation sites is 1. The van der Waals surface area contributed by atoms with E-state index in [9.17, 15) is 9.90 Å². The molecule has 3 N–H and O–H groups in total. The molecule has 0 spiro atoms. The topological polar surface area (TPSA) is 61.4 Å². The van der Waals surface area contributed by atoms with Crippen molar-refractivity contribution in [2.24, 2.45) is 0 Å². The molecule has 4 nitrogen and oxygen atoms in total. The lowest BCUT2D eigenvalue weighted by molar-refractivity contribution is -0.118. The number of carbonyl (C=O) groups excluding carboxylic acids is 1. The number of carbonyl (C=O) groups is 1. The maximum Gasteiger partial charge on any atom is 0.241 e. The molecule has 0 unspecified atom stereocenters. The lowest BCUT2D eigenvalue weighted by atomic mass is 10.1. The van der Waals surface area contributed by atoms with E-state index in [2.05, 4.69) is 10.6 Å². The molecule has 3 rings (SSSR count). The number of rotatable bonds is 2. The van der Waals surface area contributed by atoms with Crippen LogP contribution in [0, 0.1) is 0 Å². The van der Waals surface area contributed by atoms with Gasteiger partial charge in [-0.3, -0.25) is 4.79 Å². The molecule has 1 aliphatic rings. The molecule has 0 radical (unpaired) electrons. The van der Waals surface area contributed by atoms with E-state index in [1.165, 1.54) is 0 Å². The van der Waals surface area contributed by atoms with E-state index in [1.807, 2.05) is 36.4 Å². The predicted octanol–water partition coefficient (Wildman–Crippen LogP) is 2.05. The van der Waals surface area contributed by atoms with Gasteiger partial charge < -0.3 is 15.7 Å². The van der Waals surface area contributed by atoms with Crippen LogP contribution < -0.4 is 10.6 Å². The Hall–Kier alpha value is -2.33. The molecule has 0 aliphatic carbocycles. The van der Waals surface area contributed by atoms with E-state index >= 15 is 0 Å². The van der Waals surface area contributed by atoms with Crippen LogP contribution in [-0.4, -0.2) is 17.1 Å². The zero-order valence-electron chi connectivity index (χ0n) is 11.0. The summed E-state index contributed by atoms with van der Waals surface area (Å²) >= 11 is 0. The predicted molar refractivity (Wildman–Crippen MR) is 77.5 cm³/mol. The van der Waals surface area contributed by atoms with Crippen LogP contribution >= 0.6 is 0 Å². The Balaban J connectivity index is 1.76. The van der Waals surface area contributed by atoms with Gasteiger partial charge in [-0.25, -0.2) is 0 Å². The van der Waals surface area contributed by atoms with Crippen molar-refractivity contribution >= 4 is 11.6 Å². The molecule has 2 aromatic carbocycles. The third-order valence-corrected chi connectivity index (χ3v) is 3.51. The number of amides is 1. The van der Waals surface area contributed by atoms with Gasteiger partial charge in [0.2, 0.25) is 5.91 Å². The fourth-order valence-corrected chi connectivity index (χ4v) is 2.37. The lowest BCUT2D eigenvalue weighted by Gasteiger charge is -2.14. The Labute approximate surface area is 117 Å². The average molecular weight is 268 g/mol. The maximum atomic E-state index is 12.2. The summed E-state index contributed by atoms with van der Waals surface area (Å²) in [5, 5.41) is 15.5. The van der Waals surface area contributed by atoms with Gasteiger partial charge in [0.05, 0.1) is 6.04 Å². The fourth-order valence-electron chi connectivity index (χ4n) is 2.37. The highest BCUT2D eigenvalue weighted by molar-refractivity contribution is 5.96. The van der Waals surface area contributed by atoms with Gasteiger partial charge in [0, 0.05) is 12.2 Å². The van der Waals surface area contributed by atoms with E-state index in [0.29, 0.717) is 13.0 Å². The first-order valence-corrected chi connectivity index (χ1v) is 6.62. The number of hydrogen-bond donors (Lipinski definition) is 3. The Morgan fingerprint density at radius 1 is 1.10 bits per heavy atom. The molecule has 0 bridgehead atoms. The van der Waals surface area contributed by atoms with Gasteiger partial charge in [0.25, 0.3) is 0 Å². The number of hydrogen-bond acceptors (Lipinski definition) is 3. The fraction of sp³-hybridized carbons (Fsp3) is 0.188. The van der Waals surface area contributed by atoms with Crippen LogP contribution in [0.4, 0.5) is 5.69 Å². The number of benzene rings is 2. The van der Waals surface area contributed by atoms with Gasteiger partial charge >= 0.3 is 0 Å². The van der Waals surface area contributed by atoms with Crippen molar-refractivity contribution in [3.8, 4) is 5.75 Å². The number of anilines is 1. The van der Waals surface area contributed by atoms with Crippen LogP contribution in [0.1, 0.15) is 11.1 Å². The molecule has 102 valence electrons. The third-order valence-electron chi connectivity index (χ3n) is 3.51. The van der Waals surface area contributed by atoms with Crippen molar-refractivity contribution < 1.29 is 9.90 Å². The van der Waals surface area contributed by atoms with Crippen LogP contribution in [0.5, 0.6) is 5.75 Å². The largest absolute Gasteiger partial charge is 0.508 e. The summed E-state index contributed by atoms with van der Waals surface area (Å²) in [6.07, 6.45) is 0.597. The number of nitrogens with one attached hydrogen (secondary N) is 2. The Bertz CT molecular complexity index is 623. The van der Waals surface area contributed by atoms with Crippen molar-refractivity contribution in [1.29, 1.82) is 0 Å². The van der Waals surface area contributed by atoms with Crippen molar-refractivity contribution in [2.45, 2.75) is 19.0 Å². The Morgan fingerprint density at radius 2 is 1.85 bits per heavy atom. The third kappa shape index (κ3) is 2.65. The minimum absolute atomic E-state index is 0.0250. The molecular formula is C16H16N2O2. The van der Waals surface area contributed by atoms with Crippen LogP contribution in [0.25, 0.3) is 0 Å². The molecule has 1 atom stereocenters. The molecule has 1 heterocycles. The summed E-state index contributed by atoms with van der Waals surface area (Å²) in [5.74, 6) is 0.211. The molecule has 0 fully saturated rings. The highest BCUT2D eigenvalue weighted by atomic mass is 16.3. The zero-order valence-corrected chi connectivity index (χ0v) is 11.0. The van der Waals surface area contributed by atoms with E-state index in [4.69, 9.17) is 0 Å². The van der Waals surface area contributed by atoms with E-state index in [1.54, 1.807) is 12.1 Å². The molecule has 1 amide bonds. The molecule has 2 aromatic rings. The molecule has 0 aromatic heterocycles. The smallest absolute Gasteiger partial charge is 0.241 e. The summed E-state index contributed by atoms with van der Waals surface area (Å²) in [5.41, 5.74) is 2.98. The number of aromatic hydroxyl groups is 1. The van der Waals surface area contributed by atoms with E-state index < -0.39 is 0 Å². The molecule has 1 aliphatic heterocycles. The quantitative estimate of drug-likeness (QED) is 0.781. The molecule has 20 heavy (non-hydrogen) atoms. The monoisotopic (exact) mass is 268 g/mol. The number of phenolic OH excluding ortho intramolecular Hbond substituents is 1. The van der Waals surface area contributed by atoms with Crippen molar-refractivity contribution in [3.63, 3.8) is 0 Å². The van der Waals surface area contributed by atoms with Gasteiger partial charge in [-0.15, -0.1) is 0 Å². The normalized spacial score (nSPS) is 18.0. The average Bonchev–Trinajstić information content (AvgIpc) is 2.61. The minimum Gasteiger partial charge on any atom is -0.508 e.